The molecule has 138 valence electrons. The van der Waals surface area contributed by atoms with Crippen LogP contribution >= 0.6 is 0 Å². The maximum Gasteiger partial charge on any atom is 0.152 e. The van der Waals surface area contributed by atoms with E-state index in [0.717, 1.165) is 38.6 Å². The predicted octanol–water partition coefficient (Wildman–Crippen LogP) is 5.21. The van der Waals surface area contributed by atoms with Gasteiger partial charge in [0.15, 0.2) is 9.84 Å². The fourth-order valence-electron chi connectivity index (χ4n) is 2.60. The van der Waals surface area contributed by atoms with E-state index in [1.807, 2.05) is 0 Å². The molecule has 1 aromatic rings. The number of hydrogen-bond acceptors (Lipinski definition) is 3. The van der Waals surface area contributed by atoms with Gasteiger partial charge in [0.2, 0.25) is 0 Å². The predicted molar refractivity (Wildman–Crippen MR) is 106 cm³/mol. The van der Waals surface area contributed by atoms with Crippen molar-refractivity contribution >= 4 is 15.5 Å². The third-order valence-corrected chi connectivity index (χ3v) is 6.72. The minimum atomic E-state index is -2.85. The molecule has 3 nitrogen and oxygen atoms in total. The summed E-state index contributed by atoms with van der Waals surface area (Å²) in [7, 11) is -2.85. The topological polar surface area (TPSA) is 46.2 Å². The van der Waals surface area contributed by atoms with Crippen molar-refractivity contribution in [3.63, 3.8) is 0 Å². The Morgan fingerprint density at radius 2 is 1.54 bits per heavy atom. The second kappa shape index (κ2) is 11.5. The summed E-state index contributed by atoms with van der Waals surface area (Å²) >= 11 is 0. The van der Waals surface area contributed by atoms with E-state index in [2.05, 4.69) is 36.5 Å². The summed E-state index contributed by atoms with van der Waals surface area (Å²) < 4.78 is 23.4. The molecular formula is C20H35NO2S. The van der Waals surface area contributed by atoms with Crippen molar-refractivity contribution in [3.05, 3.63) is 29.8 Å². The van der Waals surface area contributed by atoms with E-state index in [4.69, 9.17) is 0 Å². The van der Waals surface area contributed by atoms with Crippen molar-refractivity contribution in [1.82, 2.24) is 0 Å². The van der Waals surface area contributed by atoms with Gasteiger partial charge in [-0.25, -0.2) is 8.42 Å². The Morgan fingerprint density at radius 3 is 2.17 bits per heavy atom. The van der Waals surface area contributed by atoms with Gasteiger partial charge >= 0.3 is 0 Å². The lowest BCUT2D eigenvalue weighted by Crippen LogP contribution is -2.17. The zero-order chi connectivity index (χ0) is 17.8. The number of aryl methyl sites for hydroxylation is 1. The molecule has 1 aromatic carbocycles. The number of rotatable bonds is 13. The summed E-state index contributed by atoms with van der Waals surface area (Å²) in [6.07, 6.45) is 8.88. The first-order valence-electron chi connectivity index (χ1n) is 9.50. The van der Waals surface area contributed by atoms with E-state index in [9.17, 15) is 8.42 Å². The number of sulfone groups is 1. The number of unbranched alkanes of at least 4 members (excludes halogenated alkanes) is 5. The minimum Gasteiger partial charge on any atom is -0.385 e. The summed E-state index contributed by atoms with van der Waals surface area (Å²) in [6, 6.07) is 8.77. The average Bonchev–Trinajstić information content (AvgIpc) is 2.56. The molecular weight excluding hydrogens is 318 g/mol. The Balaban J connectivity index is 2.06. The summed E-state index contributed by atoms with van der Waals surface area (Å²) in [5, 5.41) is 3.22. The quantitative estimate of drug-likeness (QED) is 0.495. The number of nitrogens with one attached hydrogen (secondary N) is 1. The standard InChI is InChI=1S/C20H35NO2S/c1-4-5-11-19-12-14-20(15-13-19)21-16-9-7-6-8-10-17-24(22,23)18(2)3/h12-15,18,21H,4-11,16-17H2,1-3H3. The van der Waals surface area contributed by atoms with E-state index in [-0.39, 0.29) is 5.25 Å². The molecule has 4 heteroatoms. The Morgan fingerprint density at radius 1 is 0.917 bits per heavy atom. The van der Waals surface area contributed by atoms with E-state index in [0.29, 0.717) is 5.75 Å². The van der Waals surface area contributed by atoms with Gasteiger partial charge in [-0.2, -0.15) is 0 Å². The van der Waals surface area contributed by atoms with Crippen molar-refractivity contribution in [1.29, 1.82) is 0 Å². The van der Waals surface area contributed by atoms with Crippen LogP contribution in [0.5, 0.6) is 0 Å². The molecule has 0 unspecified atom stereocenters. The van der Waals surface area contributed by atoms with Crippen LogP contribution in [0.25, 0.3) is 0 Å². The second-order valence-corrected chi connectivity index (χ2v) is 9.59. The van der Waals surface area contributed by atoms with Gasteiger partial charge in [0, 0.05) is 12.2 Å². The molecule has 0 aromatic heterocycles. The van der Waals surface area contributed by atoms with Crippen LogP contribution in [0.2, 0.25) is 0 Å². The molecule has 1 N–H and O–H groups in total. The maximum absolute atomic E-state index is 11.7. The lowest BCUT2D eigenvalue weighted by atomic mass is 10.1. The van der Waals surface area contributed by atoms with Crippen LogP contribution in [0.4, 0.5) is 5.69 Å². The molecule has 0 aliphatic rings. The number of benzene rings is 1. The van der Waals surface area contributed by atoms with Gasteiger partial charge in [0.05, 0.1) is 11.0 Å². The van der Waals surface area contributed by atoms with E-state index in [1.165, 1.54) is 30.5 Å². The molecule has 0 saturated carbocycles. The third kappa shape index (κ3) is 8.72. The van der Waals surface area contributed by atoms with Gasteiger partial charge in [-0.3, -0.25) is 0 Å². The highest BCUT2D eigenvalue weighted by molar-refractivity contribution is 7.91. The summed E-state index contributed by atoms with van der Waals surface area (Å²) in [4.78, 5) is 0. The van der Waals surface area contributed by atoms with Gasteiger partial charge in [-0.15, -0.1) is 0 Å². The fraction of sp³-hybridized carbons (Fsp3) is 0.700. The highest BCUT2D eigenvalue weighted by Crippen LogP contribution is 2.13. The van der Waals surface area contributed by atoms with Crippen molar-refractivity contribution < 1.29 is 8.42 Å². The molecule has 0 fully saturated rings. The lowest BCUT2D eigenvalue weighted by molar-refractivity contribution is 0.578. The number of hydrogen-bond donors (Lipinski definition) is 1. The largest absolute Gasteiger partial charge is 0.385 e. The first-order valence-corrected chi connectivity index (χ1v) is 11.2. The maximum atomic E-state index is 11.7. The van der Waals surface area contributed by atoms with Crippen molar-refractivity contribution in [3.8, 4) is 0 Å². The van der Waals surface area contributed by atoms with Gasteiger partial charge < -0.3 is 5.32 Å². The summed E-state index contributed by atoms with van der Waals surface area (Å²) in [5.74, 6) is 0.341. The first kappa shape index (κ1) is 21.0. The molecule has 0 aliphatic heterocycles. The third-order valence-electron chi connectivity index (χ3n) is 4.43. The lowest BCUT2D eigenvalue weighted by Gasteiger charge is -2.08. The van der Waals surface area contributed by atoms with Crippen molar-refractivity contribution in [2.75, 3.05) is 17.6 Å². The normalized spacial score (nSPS) is 11.8. The smallest absolute Gasteiger partial charge is 0.152 e. The van der Waals surface area contributed by atoms with Crippen LogP contribution in [-0.2, 0) is 16.3 Å². The Kier molecular flexibility index (Phi) is 10.1. The van der Waals surface area contributed by atoms with Crippen LogP contribution < -0.4 is 5.32 Å². The van der Waals surface area contributed by atoms with E-state index >= 15 is 0 Å². The van der Waals surface area contributed by atoms with Crippen molar-refractivity contribution in [2.45, 2.75) is 77.4 Å². The van der Waals surface area contributed by atoms with Gasteiger partial charge in [0.1, 0.15) is 0 Å². The fourth-order valence-corrected chi connectivity index (χ4v) is 3.68. The highest BCUT2D eigenvalue weighted by Gasteiger charge is 2.14. The molecule has 1 rings (SSSR count). The van der Waals surface area contributed by atoms with Gasteiger partial charge in [-0.05, 0) is 57.2 Å². The van der Waals surface area contributed by atoms with E-state index < -0.39 is 9.84 Å². The molecule has 0 atom stereocenters. The van der Waals surface area contributed by atoms with Crippen LogP contribution in [0, 0.1) is 0 Å². The molecule has 24 heavy (non-hydrogen) atoms. The average molecular weight is 354 g/mol. The Bertz CT molecular complexity index is 535. The zero-order valence-electron chi connectivity index (χ0n) is 15.7. The summed E-state index contributed by atoms with van der Waals surface area (Å²) in [5.41, 5.74) is 2.61. The SMILES string of the molecule is CCCCc1ccc(NCCCCCCCS(=O)(=O)C(C)C)cc1. The molecule has 0 radical (unpaired) electrons. The molecule has 0 amide bonds. The van der Waals surface area contributed by atoms with Gasteiger partial charge in [0.25, 0.3) is 0 Å². The second-order valence-electron chi connectivity index (χ2n) is 6.91. The number of anilines is 1. The minimum absolute atomic E-state index is 0.241. The zero-order valence-corrected chi connectivity index (χ0v) is 16.5. The van der Waals surface area contributed by atoms with Crippen LogP contribution in [0.15, 0.2) is 24.3 Å². The molecule has 0 saturated heterocycles. The monoisotopic (exact) mass is 353 g/mol. The van der Waals surface area contributed by atoms with Gasteiger partial charge in [-0.1, -0.05) is 44.7 Å². The summed E-state index contributed by atoms with van der Waals surface area (Å²) in [6.45, 7) is 6.73. The Labute approximate surface area is 149 Å². The van der Waals surface area contributed by atoms with Crippen LogP contribution in [0.3, 0.4) is 0 Å². The molecule has 0 aliphatic carbocycles. The molecule has 0 heterocycles. The molecule has 0 bridgehead atoms. The van der Waals surface area contributed by atoms with Crippen LogP contribution in [-0.4, -0.2) is 26.0 Å². The van der Waals surface area contributed by atoms with E-state index in [1.54, 1.807) is 13.8 Å². The van der Waals surface area contributed by atoms with Crippen molar-refractivity contribution in [2.24, 2.45) is 0 Å². The highest BCUT2D eigenvalue weighted by atomic mass is 32.2. The first-order chi connectivity index (χ1) is 11.5. The van der Waals surface area contributed by atoms with Crippen LogP contribution in [0.1, 0.15) is 71.3 Å². The molecule has 0 spiro atoms. The Hall–Kier alpha value is -1.03.